The summed E-state index contributed by atoms with van der Waals surface area (Å²) in [6.45, 7) is 0. The first kappa shape index (κ1) is 28.8. The third-order valence-corrected chi connectivity index (χ3v) is 9.62. The molecule has 9 rings (SSSR count). The smallest absolute Gasteiger partial charge is 0.0998 e. The average molecular weight is 636 g/mol. The van der Waals surface area contributed by atoms with Crippen molar-refractivity contribution in [3.63, 3.8) is 0 Å². The molecular weight excluding hydrogens is 611 g/mol. The maximum atomic E-state index is 10.3. The van der Waals surface area contributed by atoms with Crippen molar-refractivity contribution in [2.75, 3.05) is 0 Å². The summed E-state index contributed by atoms with van der Waals surface area (Å²) in [6.07, 6.45) is 0. The van der Waals surface area contributed by atoms with E-state index < -0.39 is 0 Å². The number of rotatable bonds is 4. The molecule has 7 aromatic carbocycles. The van der Waals surface area contributed by atoms with Crippen molar-refractivity contribution >= 4 is 43.6 Å². The van der Waals surface area contributed by atoms with Crippen LogP contribution in [0.15, 0.2) is 152 Å². The van der Waals surface area contributed by atoms with Crippen LogP contribution in [0.2, 0.25) is 0 Å². The van der Waals surface area contributed by atoms with E-state index in [1.807, 2.05) is 97.1 Å². The highest BCUT2D eigenvalue weighted by Gasteiger charge is 2.18. The van der Waals surface area contributed by atoms with Gasteiger partial charge >= 0.3 is 0 Å². The van der Waals surface area contributed by atoms with Gasteiger partial charge in [0.05, 0.1) is 62.7 Å². The van der Waals surface area contributed by atoms with Crippen molar-refractivity contribution in [1.82, 2.24) is 9.13 Å². The molecule has 0 saturated heterocycles. The summed E-state index contributed by atoms with van der Waals surface area (Å²) in [4.78, 5) is 0. The lowest BCUT2D eigenvalue weighted by Crippen LogP contribution is -1.98. The molecule has 2 aromatic heterocycles. The predicted octanol–water partition coefficient (Wildman–Crippen LogP) is 10.8. The molecule has 0 unspecified atom stereocenters. The Balaban J connectivity index is 1.24. The van der Waals surface area contributed by atoms with E-state index in [-0.39, 0.29) is 0 Å². The summed E-state index contributed by atoms with van der Waals surface area (Å²) >= 11 is 0. The van der Waals surface area contributed by atoms with E-state index in [4.69, 9.17) is 0 Å². The number of nitriles is 3. The Morgan fingerprint density at radius 2 is 1.02 bits per heavy atom. The van der Waals surface area contributed by atoms with Crippen LogP contribution in [0.4, 0.5) is 0 Å². The van der Waals surface area contributed by atoms with Crippen molar-refractivity contribution in [3.05, 3.63) is 168 Å². The lowest BCUT2D eigenvalue weighted by molar-refractivity contribution is 1.18. The minimum atomic E-state index is 0.583. The Bertz CT molecular complexity index is 2970. The molecule has 0 bridgehead atoms. The molecular formula is C45H25N5. The van der Waals surface area contributed by atoms with Gasteiger partial charge in [0.15, 0.2) is 0 Å². The number of aromatic nitrogens is 2. The summed E-state index contributed by atoms with van der Waals surface area (Å²) in [5.74, 6) is 0. The molecule has 0 aliphatic carbocycles. The predicted molar refractivity (Wildman–Crippen MR) is 200 cm³/mol. The summed E-state index contributed by atoms with van der Waals surface area (Å²) in [5.41, 5.74) is 11.6. The molecule has 9 aromatic rings. The van der Waals surface area contributed by atoms with E-state index in [2.05, 4.69) is 81.9 Å². The number of hydrogen-bond acceptors (Lipinski definition) is 3. The van der Waals surface area contributed by atoms with Crippen LogP contribution in [0.1, 0.15) is 16.7 Å². The van der Waals surface area contributed by atoms with E-state index in [0.717, 1.165) is 77.2 Å². The maximum Gasteiger partial charge on any atom is 0.0998 e. The van der Waals surface area contributed by atoms with Gasteiger partial charge < -0.3 is 9.13 Å². The van der Waals surface area contributed by atoms with Gasteiger partial charge in [-0.1, -0.05) is 78.9 Å². The second-order valence-electron chi connectivity index (χ2n) is 12.3. The number of nitrogens with zero attached hydrogens (tertiary/aromatic N) is 5. The van der Waals surface area contributed by atoms with Gasteiger partial charge in [-0.2, -0.15) is 15.8 Å². The highest BCUT2D eigenvalue weighted by Crippen LogP contribution is 2.39. The molecule has 0 atom stereocenters. The summed E-state index contributed by atoms with van der Waals surface area (Å²) in [5, 5.41) is 34.0. The lowest BCUT2D eigenvalue weighted by atomic mass is 9.94. The Morgan fingerprint density at radius 3 is 1.82 bits per heavy atom. The van der Waals surface area contributed by atoms with Crippen molar-refractivity contribution in [2.45, 2.75) is 0 Å². The molecule has 230 valence electrons. The van der Waals surface area contributed by atoms with Crippen LogP contribution in [0.5, 0.6) is 0 Å². The molecule has 0 radical (unpaired) electrons. The molecule has 0 aliphatic rings. The zero-order valence-corrected chi connectivity index (χ0v) is 26.7. The molecule has 0 aliphatic heterocycles. The minimum Gasteiger partial charge on any atom is -0.309 e. The van der Waals surface area contributed by atoms with Crippen LogP contribution in [0.25, 0.3) is 77.2 Å². The van der Waals surface area contributed by atoms with Crippen molar-refractivity contribution in [3.8, 4) is 51.8 Å². The summed E-state index contributed by atoms with van der Waals surface area (Å²) in [7, 11) is 0. The van der Waals surface area contributed by atoms with Gasteiger partial charge in [0.2, 0.25) is 0 Å². The Hall–Kier alpha value is -7.39. The summed E-state index contributed by atoms with van der Waals surface area (Å²) < 4.78 is 4.46. The van der Waals surface area contributed by atoms with Crippen LogP contribution in [-0.2, 0) is 0 Å². The fraction of sp³-hybridized carbons (Fsp3) is 0. The zero-order chi connectivity index (χ0) is 33.8. The topological polar surface area (TPSA) is 81.2 Å². The number of fused-ring (bicyclic) bond motifs is 6. The van der Waals surface area contributed by atoms with Crippen molar-refractivity contribution < 1.29 is 0 Å². The highest BCUT2D eigenvalue weighted by molar-refractivity contribution is 6.11. The molecule has 0 amide bonds. The van der Waals surface area contributed by atoms with E-state index in [0.29, 0.717) is 16.7 Å². The minimum absolute atomic E-state index is 0.583. The van der Waals surface area contributed by atoms with Crippen LogP contribution in [0, 0.1) is 34.0 Å². The molecule has 50 heavy (non-hydrogen) atoms. The standard InChI is InChI=1S/C45H25N5/c46-26-29-17-21-44-40(22-29)37-12-3-5-14-42(37)49(44)34-9-7-8-31(24-34)39-25-32(18-19-33(39)28-48)35-10-1-4-13-41(35)50-43-15-6-2-11-36(43)38-20-16-30(27-47)23-45(38)50/h1-25H. The maximum absolute atomic E-state index is 10.3. The van der Waals surface area contributed by atoms with Crippen LogP contribution < -0.4 is 0 Å². The van der Waals surface area contributed by atoms with Crippen LogP contribution in [0.3, 0.4) is 0 Å². The third-order valence-electron chi connectivity index (χ3n) is 9.62. The fourth-order valence-electron chi connectivity index (χ4n) is 7.39. The fourth-order valence-corrected chi connectivity index (χ4v) is 7.39. The number of hydrogen-bond donors (Lipinski definition) is 0. The molecule has 5 heteroatoms. The van der Waals surface area contributed by atoms with E-state index in [1.54, 1.807) is 0 Å². The number of benzene rings is 7. The lowest BCUT2D eigenvalue weighted by Gasteiger charge is -2.16. The van der Waals surface area contributed by atoms with E-state index in [1.165, 1.54) is 0 Å². The first-order valence-corrected chi connectivity index (χ1v) is 16.3. The molecule has 5 nitrogen and oxygen atoms in total. The summed E-state index contributed by atoms with van der Waals surface area (Å²) in [6, 6.07) is 57.8. The van der Waals surface area contributed by atoms with E-state index in [9.17, 15) is 15.8 Å². The van der Waals surface area contributed by atoms with Gasteiger partial charge in [-0.15, -0.1) is 0 Å². The van der Waals surface area contributed by atoms with Gasteiger partial charge in [-0.05, 0) is 83.9 Å². The normalized spacial score (nSPS) is 11.1. The zero-order valence-electron chi connectivity index (χ0n) is 26.7. The van der Waals surface area contributed by atoms with Crippen LogP contribution in [-0.4, -0.2) is 9.13 Å². The SMILES string of the molecule is N#Cc1ccc2c(c1)c1ccccc1n2-c1cccc(-c2cc(-c3ccccc3-n3c4ccccc4c4ccc(C#N)cc43)ccc2C#N)c1. The quantitative estimate of drug-likeness (QED) is 0.193. The van der Waals surface area contributed by atoms with Gasteiger partial charge in [0.25, 0.3) is 0 Å². The first-order chi connectivity index (χ1) is 24.7. The highest BCUT2D eigenvalue weighted by atomic mass is 15.0. The van der Waals surface area contributed by atoms with E-state index >= 15 is 0 Å². The van der Waals surface area contributed by atoms with Crippen molar-refractivity contribution in [2.24, 2.45) is 0 Å². The average Bonchev–Trinajstić information content (AvgIpc) is 3.69. The second-order valence-corrected chi connectivity index (χ2v) is 12.3. The van der Waals surface area contributed by atoms with Crippen LogP contribution >= 0.6 is 0 Å². The van der Waals surface area contributed by atoms with Crippen molar-refractivity contribution in [1.29, 1.82) is 15.8 Å². The van der Waals surface area contributed by atoms with Gasteiger partial charge in [-0.25, -0.2) is 0 Å². The molecule has 0 saturated carbocycles. The monoisotopic (exact) mass is 635 g/mol. The number of para-hydroxylation sites is 3. The van der Waals surface area contributed by atoms with Gasteiger partial charge in [-0.3, -0.25) is 0 Å². The largest absolute Gasteiger partial charge is 0.309 e. The molecule has 0 fully saturated rings. The Morgan fingerprint density at radius 1 is 0.380 bits per heavy atom. The van der Waals surface area contributed by atoms with Gasteiger partial charge in [0, 0.05) is 38.4 Å². The molecule has 0 N–H and O–H groups in total. The Labute approximate surface area is 287 Å². The second kappa shape index (κ2) is 11.4. The first-order valence-electron chi connectivity index (χ1n) is 16.3. The van der Waals surface area contributed by atoms with Gasteiger partial charge in [0.1, 0.15) is 0 Å². The Kier molecular flexibility index (Phi) is 6.56. The third kappa shape index (κ3) is 4.38. The molecule has 0 spiro atoms. The molecule has 2 heterocycles.